The topological polar surface area (TPSA) is 250 Å². The Morgan fingerprint density at radius 2 is 1.33 bits per heavy atom. The van der Waals surface area contributed by atoms with Gasteiger partial charge in [0.1, 0.15) is 41.3 Å². The van der Waals surface area contributed by atoms with Gasteiger partial charge in [-0.25, -0.2) is 0 Å². The highest BCUT2D eigenvalue weighted by atomic mass is 16.6. The average Bonchev–Trinajstić information content (AvgIpc) is 1.51. The Labute approximate surface area is 593 Å². The number of nitrogens with one attached hydrogen (secondary N) is 5. The number of hydrogen-bond acceptors (Lipinski definition) is 13. The minimum atomic E-state index is -0.716. The second-order valence-corrected chi connectivity index (χ2v) is 29.1. The molecule has 3 aromatic heterocycles. The normalized spacial score (nSPS) is 19.9. The molecule has 5 amide bonds. The van der Waals surface area contributed by atoms with Gasteiger partial charge in [0, 0.05) is 101 Å². The zero-order valence-electron chi connectivity index (χ0n) is 60.0. The number of allylic oxidation sites excluding steroid dienone is 1. The van der Waals surface area contributed by atoms with Gasteiger partial charge in [-0.15, -0.1) is 0 Å². The average molecular weight is 1380 g/mol. The van der Waals surface area contributed by atoms with Crippen molar-refractivity contribution in [2.45, 2.75) is 155 Å². The van der Waals surface area contributed by atoms with E-state index in [1.807, 2.05) is 105 Å². The van der Waals surface area contributed by atoms with Crippen LogP contribution in [0.15, 0.2) is 132 Å². The molecule has 6 aliphatic rings. The summed E-state index contributed by atoms with van der Waals surface area (Å²) in [5, 5.41) is 9.06. The van der Waals surface area contributed by atoms with Crippen molar-refractivity contribution in [3.63, 3.8) is 0 Å². The van der Waals surface area contributed by atoms with Gasteiger partial charge in [0.15, 0.2) is 16.9 Å². The van der Waals surface area contributed by atoms with Gasteiger partial charge < -0.3 is 64.0 Å². The first-order valence-electron chi connectivity index (χ1n) is 35.4. The lowest BCUT2D eigenvalue weighted by Gasteiger charge is -2.47. The number of amides is 5. The Morgan fingerprint density at radius 3 is 2.05 bits per heavy atom. The maximum atomic E-state index is 13.6. The highest BCUT2D eigenvalue weighted by molar-refractivity contribution is 6.13. The second kappa shape index (κ2) is 28.9. The van der Waals surface area contributed by atoms with Crippen LogP contribution in [0.2, 0.25) is 0 Å². The van der Waals surface area contributed by atoms with Crippen LogP contribution in [0.1, 0.15) is 142 Å². The molecule has 0 saturated carbocycles. The summed E-state index contributed by atoms with van der Waals surface area (Å²) in [6, 6.07) is 34.3. The van der Waals surface area contributed by atoms with Crippen molar-refractivity contribution in [3.05, 3.63) is 182 Å². The third-order valence-electron chi connectivity index (χ3n) is 20.5. The first-order valence-corrected chi connectivity index (χ1v) is 35.4. The van der Waals surface area contributed by atoms with E-state index in [4.69, 9.17) is 23.7 Å². The number of rotatable bonds is 15. The van der Waals surface area contributed by atoms with Crippen LogP contribution in [-0.2, 0) is 60.9 Å². The molecule has 9 aromatic rings. The molecular weight excluding hydrogens is 1290 g/mol. The molecule has 0 aliphatic carbocycles. The van der Waals surface area contributed by atoms with E-state index in [9.17, 15) is 33.6 Å². The third-order valence-corrected chi connectivity index (χ3v) is 20.5. The van der Waals surface area contributed by atoms with E-state index in [1.165, 1.54) is 16.7 Å². The molecular formula is C81H91N9O12. The number of nitrogens with zero attached hydrogens (tertiary/aromatic N) is 4. The van der Waals surface area contributed by atoms with Crippen molar-refractivity contribution in [3.8, 4) is 23.0 Å². The number of hydrogen-bond donors (Lipinski definition) is 5. The van der Waals surface area contributed by atoms with Crippen LogP contribution in [0.3, 0.4) is 0 Å². The first kappa shape index (κ1) is 70.0. The predicted octanol–water partition coefficient (Wildman–Crippen LogP) is 12.1. The smallest absolute Gasteiger partial charge is 0.306 e. The zero-order chi connectivity index (χ0) is 72.0. The van der Waals surface area contributed by atoms with Crippen LogP contribution in [-0.4, -0.2) is 148 Å². The van der Waals surface area contributed by atoms with Crippen LogP contribution >= 0.6 is 0 Å². The van der Waals surface area contributed by atoms with Crippen molar-refractivity contribution in [2.75, 3.05) is 53.4 Å². The van der Waals surface area contributed by atoms with Crippen molar-refractivity contribution in [2.24, 2.45) is 5.92 Å². The standard InChI is InChI=1S/C34H33N3O5.C25H33N3O4.C22H25N3O3/c1-40-28-9-5-7-26-32(28)36-31-25(33(26)38)6-4-8-27(31)34(39)35-24-12-10-21(11-13-24)14-16-37-17-15-22-18-29(41-2)30(42-3)19-23(22)20-37;1-14(2)12-19-22-16(15-8-6-7-9-17(15)26-22)13-20-23(30)27-18(24(31)28(19)20)10-11-21(29)32-25(3,4)5;1-12(2)9-18-20-15(14-7-6-13(28-3)10-16(14)23-20)11-19-21(26)24-8-4-5-17(24)22(27)25(18)19/h4-13,18-19H,14-17,20H2,1-3H3,(H,35,39)(H,36,38);6-9,14,18-20,26H,10-13H2,1-5H3,(H,27,30);6-7,9-10,17-19,23H,4-5,8,11H2,1-3H3/t;18-,19-,20-;17-,18-,19-/m.00/s1. The van der Waals surface area contributed by atoms with Gasteiger partial charge in [-0.3, -0.25) is 38.5 Å². The molecule has 21 heteroatoms. The van der Waals surface area contributed by atoms with Crippen molar-refractivity contribution in [1.29, 1.82) is 0 Å². The van der Waals surface area contributed by atoms with Crippen LogP contribution in [0, 0.1) is 5.92 Å². The quantitative estimate of drug-likeness (QED) is 0.0364. The lowest BCUT2D eigenvalue weighted by atomic mass is 9.85. The molecule has 6 atom stereocenters. The van der Waals surface area contributed by atoms with E-state index in [2.05, 4.69) is 68.6 Å². The maximum Gasteiger partial charge on any atom is 0.306 e. The molecule has 9 heterocycles. The van der Waals surface area contributed by atoms with Crippen LogP contribution in [0.4, 0.5) is 5.69 Å². The zero-order valence-corrected chi connectivity index (χ0v) is 60.0. The Bertz CT molecular complexity index is 4840. The predicted molar refractivity (Wildman–Crippen MR) is 393 cm³/mol. The molecule has 5 N–H and O–H groups in total. The molecule has 0 radical (unpaired) electrons. The fourth-order valence-electron chi connectivity index (χ4n) is 15.8. The van der Waals surface area contributed by atoms with Crippen molar-refractivity contribution in [1.82, 2.24) is 39.9 Å². The van der Waals surface area contributed by atoms with Crippen LogP contribution in [0.5, 0.6) is 23.0 Å². The molecule has 0 bridgehead atoms. The maximum absolute atomic E-state index is 13.6. The van der Waals surface area contributed by atoms with Gasteiger partial charge in [0.05, 0.1) is 57.1 Å². The fraction of sp³-hybridized carbons (Fsp3) is 0.395. The number of anilines is 1. The molecule has 3 saturated heterocycles. The molecule has 532 valence electrons. The third kappa shape index (κ3) is 13.8. The van der Waals surface area contributed by atoms with E-state index in [0.717, 1.165) is 119 Å². The number of aromatic amines is 3. The number of pyridine rings is 1. The Balaban J connectivity index is 0.000000140. The van der Waals surface area contributed by atoms with Gasteiger partial charge in [0.2, 0.25) is 23.6 Å². The highest BCUT2D eigenvalue weighted by Crippen LogP contribution is 2.45. The molecule has 15 rings (SSSR count). The Kier molecular flexibility index (Phi) is 19.9. The van der Waals surface area contributed by atoms with Gasteiger partial charge in [-0.2, -0.15) is 0 Å². The minimum absolute atomic E-state index is 0.0823. The van der Waals surface area contributed by atoms with Gasteiger partial charge >= 0.3 is 5.97 Å². The summed E-state index contributed by atoms with van der Waals surface area (Å²) in [6.07, 6.45) is 7.78. The highest BCUT2D eigenvalue weighted by Gasteiger charge is 2.53. The molecule has 102 heavy (non-hydrogen) atoms. The summed E-state index contributed by atoms with van der Waals surface area (Å²) in [6.45, 7) is 17.2. The molecule has 6 aromatic carbocycles. The van der Waals surface area contributed by atoms with Crippen LogP contribution < -0.4 is 35.0 Å². The van der Waals surface area contributed by atoms with E-state index >= 15 is 0 Å². The number of carbonyl (C=O) groups is 6. The fourth-order valence-corrected chi connectivity index (χ4v) is 15.8. The Morgan fingerprint density at radius 1 is 0.657 bits per heavy atom. The van der Waals surface area contributed by atoms with E-state index in [-0.39, 0.29) is 71.9 Å². The minimum Gasteiger partial charge on any atom is -0.497 e. The van der Waals surface area contributed by atoms with Gasteiger partial charge in [-0.1, -0.05) is 68.0 Å². The lowest BCUT2D eigenvalue weighted by molar-refractivity contribution is -0.162. The molecule has 0 spiro atoms. The molecule has 21 nitrogen and oxygen atoms in total. The number of esters is 1. The van der Waals surface area contributed by atoms with E-state index in [1.54, 1.807) is 69.7 Å². The van der Waals surface area contributed by atoms with Gasteiger partial charge in [0.25, 0.3) is 5.91 Å². The van der Waals surface area contributed by atoms with Gasteiger partial charge in [-0.05, 0) is 174 Å². The molecule has 3 fully saturated rings. The Hall–Kier alpha value is -10.4. The van der Waals surface area contributed by atoms with E-state index in [0.29, 0.717) is 64.1 Å². The number of methoxy groups -OCH3 is 4. The number of para-hydroxylation sites is 3. The number of benzene rings is 6. The molecule has 0 unspecified atom stereocenters. The molecule has 6 aliphatic heterocycles. The summed E-state index contributed by atoms with van der Waals surface area (Å²) < 4.78 is 27.1. The SMILES string of the molecule is CC(C)C[C@H]1c2[nH]c3ccccc3c2C[C@H]2C(=O)N[C@@H](CCC(=O)OC(C)(C)C)C(=O)N21.COc1cc2c(cc1OC)CN(CCc1ccc(NC(=O)c3cccc4c(=O)c5cccc(OC)c5[nH]c34)cc1)CC2.COc1ccc2c3c([nH]c2c1)[C@H](C=C(C)C)N1C(=O)[C@@H]2CCCN2C(=O)[C@@H]1C3. The number of aromatic nitrogens is 3. The first-order chi connectivity index (χ1) is 49.0. The number of H-pyrrole nitrogens is 3. The summed E-state index contributed by atoms with van der Waals surface area (Å²) in [7, 11) is 6.54. The summed E-state index contributed by atoms with van der Waals surface area (Å²) in [5.41, 5.74) is 12.6. The summed E-state index contributed by atoms with van der Waals surface area (Å²) >= 11 is 0. The van der Waals surface area contributed by atoms with E-state index < -0.39 is 23.7 Å². The van der Waals surface area contributed by atoms with Crippen molar-refractivity contribution < 1.29 is 52.5 Å². The second-order valence-electron chi connectivity index (χ2n) is 29.1. The number of carbonyl (C=O) groups excluding carboxylic acids is 6. The van der Waals surface area contributed by atoms with Crippen molar-refractivity contribution >= 4 is 84.8 Å². The summed E-state index contributed by atoms with van der Waals surface area (Å²) in [5.74, 6) is 2.48. The number of ether oxygens (including phenoxy) is 5. The number of fused-ring (bicyclic) bond motifs is 12. The largest absolute Gasteiger partial charge is 0.497 e. The number of piperazine rings is 2. The lowest BCUT2D eigenvalue weighted by Crippen LogP contribution is -2.66. The summed E-state index contributed by atoms with van der Waals surface area (Å²) in [4.78, 5) is 110. The van der Waals surface area contributed by atoms with Crippen LogP contribution in [0.25, 0.3) is 43.6 Å². The monoisotopic (exact) mass is 1380 g/mol.